The van der Waals surface area contributed by atoms with Crippen LogP contribution in [0.2, 0.25) is 0 Å². The molecule has 0 aliphatic rings. The molecule has 1 heterocycles. The minimum atomic E-state index is -0.255. The van der Waals surface area contributed by atoms with E-state index in [0.717, 1.165) is 22.6 Å². The minimum absolute atomic E-state index is 0.142. The third kappa shape index (κ3) is 3.47. The largest absolute Gasteiger partial charge is 0.317 e. The fourth-order valence-electron chi connectivity index (χ4n) is 3.49. The molecule has 1 aromatic heterocycles. The molecule has 0 saturated heterocycles. The van der Waals surface area contributed by atoms with Gasteiger partial charge in [-0.2, -0.15) is 5.26 Å². The summed E-state index contributed by atoms with van der Waals surface area (Å²) in [5.41, 5.74) is 7.16. The third-order valence-electron chi connectivity index (χ3n) is 4.83. The number of benzene rings is 2. The van der Waals surface area contributed by atoms with Gasteiger partial charge in [-0.1, -0.05) is 48.5 Å². The molecule has 27 heavy (non-hydrogen) atoms. The Balaban J connectivity index is 2.10. The van der Waals surface area contributed by atoms with E-state index in [9.17, 15) is 10.1 Å². The van der Waals surface area contributed by atoms with E-state index in [1.165, 1.54) is 11.1 Å². The Hall–Kier alpha value is -3.38. The second-order valence-corrected chi connectivity index (χ2v) is 6.77. The van der Waals surface area contributed by atoms with Gasteiger partial charge in [0.25, 0.3) is 0 Å². The predicted molar refractivity (Wildman–Crippen MR) is 109 cm³/mol. The van der Waals surface area contributed by atoms with Crippen molar-refractivity contribution in [2.24, 2.45) is 0 Å². The number of aromatic nitrogens is 1. The SMILES string of the molecule is Cc1cccc(C)c1-n1c(C)cc(/C=C(\C#N)C(=O)c2ccccc2)c1C. The first-order valence-electron chi connectivity index (χ1n) is 8.91. The normalized spacial score (nSPS) is 11.3. The van der Waals surface area contributed by atoms with Crippen LogP contribution in [0.15, 0.2) is 60.2 Å². The summed E-state index contributed by atoms with van der Waals surface area (Å²) in [5, 5.41) is 9.55. The van der Waals surface area contributed by atoms with Crippen LogP contribution >= 0.6 is 0 Å². The van der Waals surface area contributed by atoms with Gasteiger partial charge in [0, 0.05) is 17.0 Å². The highest BCUT2D eigenvalue weighted by molar-refractivity contribution is 6.14. The standard InChI is InChI=1S/C24H22N2O/c1-16-9-8-10-17(2)23(16)26-18(3)13-21(19(26)4)14-22(15-25)24(27)20-11-6-5-7-12-20/h5-14H,1-4H3/b22-14+. The maximum absolute atomic E-state index is 12.7. The van der Waals surface area contributed by atoms with Crippen LogP contribution in [0, 0.1) is 39.0 Å². The van der Waals surface area contributed by atoms with Crippen LogP contribution < -0.4 is 0 Å². The Morgan fingerprint density at radius 1 is 0.963 bits per heavy atom. The lowest BCUT2D eigenvalue weighted by Crippen LogP contribution is -2.04. The number of Topliss-reactive ketones (excluding diaryl/α,β-unsaturated/α-hetero) is 1. The third-order valence-corrected chi connectivity index (χ3v) is 4.83. The first kappa shape index (κ1) is 18.4. The van der Waals surface area contributed by atoms with Gasteiger partial charge in [-0.3, -0.25) is 4.79 Å². The molecule has 0 amide bonds. The van der Waals surface area contributed by atoms with Crippen molar-refractivity contribution in [2.75, 3.05) is 0 Å². The van der Waals surface area contributed by atoms with Gasteiger partial charge < -0.3 is 4.57 Å². The van der Waals surface area contributed by atoms with Crippen LogP contribution in [-0.2, 0) is 0 Å². The van der Waals surface area contributed by atoms with Crippen LogP contribution in [-0.4, -0.2) is 10.4 Å². The molecule has 134 valence electrons. The maximum atomic E-state index is 12.7. The summed E-state index contributed by atoms with van der Waals surface area (Å²) >= 11 is 0. The molecule has 0 aliphatic heterocycles. The monoisotopic (exact) mass is 354 g/mol. The number of hydrogen-bond donors (Lipinski definition) is 0. The molecule has 3 aromatic rings. The van der Waals surface area contributed by atoms with E-state index in [2.05, 4.69) is 42.7 Å². The Bertz CT molecular complexity index is 1060. The highest BCUT2D eigenvalue weighted by Crippen LogP contribution is 2.27. The average Bonchev–Trinajstić information content (AvgIpc) is 2.94. The van der Waals surface area contributed by atoms with Crippen LogP contribution in [0.3, 0.4) is 0 Å². The topological polar surface area (TPSA) is 45.8 Å². The molecule has 0 fully saturated rings. The van der Waals surface area contributed by atoms with Gasteiger partial charge in [0.1, 0.15) is 11.6 Å². The number of hydrogen-bond acceptors (Lipinski definition) is 2. The van der Waals surface area contributed by atoms with Crippen molar-refractivity contribution >= 4 is 11.9 Å². The Labute approximate surface area is 160 Å². The van der Waals surface area contributed by atoms with Crippen LogP contribution in [0.25, 0.3) is 11.8 Å². The molecule has 0 aliphatic carbocycles. The molecule has 0 saturated carbocycles. The van der Waals surface area contributed by atoms with Crippen LogP contribution in [0.1, 0.15) is 38.4 Å². The molecule has 0 spiro atoms. The zero-order valence-electron chi connectivity index (χ0n) is 16.1. The fourth-order valence-corrected chi connectivity index (χ4v) is 3.49. The number of ketones is 1. The zero-order chi connectivity index (χ0) is 19.6. The second-order valence-electron chi connectivity index (χ2n) is 6.77. The van der Waals surface area contributed by atoms with Crippen LogP contribution in [0.4, 0.5) is 0 Å². The van der Waals surface area contributed by atoms with Gasteiger partial charge in [-0.25, -0.2) is 0 Å². The van der Waals surface area contributed by atoms with E-state index in [4.69, 9.17) is 0 Å². The molecule has 0 radical (unpaired) electrons. The summed E-state index contributed by atoms with van der Waals surface area (Å²) < 4.78 is 2.19. The number of carbonyl (C=O) groups excluding carboxylic acids is 1. The van der Waals surface area contributed by atoms with Gasteiger partial charge in [0.15, 0.2) is 0 Å². The number of aryl methyl sites for hydroxylation is 3. The van der Waals surface area contributed by atoms with Crippen molar-refractivity contribution < 1.29 is 4.79 Å². The summed E-state index contributed by atoms with van der Waals surface area (Å²) in [6.45, 7) is 8.25. The van der Waals surface area contributed by atoms with Crippen molar-refractivity contribution in [3.63, 3.8) is 0 Å². The molecule has 2 aromatic carbocycles. The first-order chi connectivity index (χ1) is 12.9. The van der Waals surface area contributed by atoms with Crippen molar-refractivity contribution in [3.8, 4) is 11.8 Å². The molecule has 0 unspecified atom stereocenters. The number of carbonyl (C=O) groups is 1. The Morgan fingerprint density at radius 2 is 1.59 bits per heavy atom. The molecular weight excluding hydrogens is 332 g/mol. The Morgan fingerprint density at radius 3 is 2.19 bits per heavy atom. The van der Waals surface area contributed by atoms with Gasteiger partial charge in [0.05, 0.1) is 5.69 Å². The van der Waals surface area contributed by atoms with Gasteiger partial charge in [-0.15, -0.1) is 0 Å². The number of nitrogens with zero attached hydrogens (tertiary/aromatic N) is 2. The zero-order valence-corrected chi connectivity index (χ0v) is 16.1. The van der Waals surface area contributed by atoms with E-state index in [1.54, 1.807) is 30.3 Å². The maximum Gasteiger partial charge on any atom is 0.203 e. The smallest absolute Gasteiger partial charge is 0.203 e. The van der Waals surface area contributed by atoms with Crippen molar-refractivity contribution in [3.05, 3.63) is 93.8 Å². The highest BCUT2D eigenvalue weighted by atomic mass is 16.1. The number of nitriles is 1. The number of rotatable bonds is 4. The van der Waals surface area contributed by atoms with E-state index >= 15 is 0 Å². The van der Waals surface area contributed by atoms with Crippen molar-refractivity contribution in [1.82, 2.24) is 4.57 Å². The van der Waals surface area contributed by atoms with E-state index in [0.29, 0.717) is 5.56 Å². The van der Waals surface area contributed by atoms with Crippen LogP contribution in [0.5, 0.6) is 0 Å². The summed E-state index contributed by atoms with van der Waals surface area (Å²) in [7, 11) is 0. The fraction of sp³-hybridized carbons (Fsp3) is 0.167. The van der Waals surface area contributed by atoms with Crippen molar-refractivity contribution in [1.29, 1.82) is 5.26 Å². The van der Waals surface area contributed by atoms with E-state index in [1.807, 2.05) is 26.0 Å². The first-order valence-corrected chi connectivity index (χ1v) is 8.91. The Kier molecular flexibility index (Phi) is 5.09. The summed E-state index contributed by atoms with van der Waals surface area (Å²) in [6, 6.07) is 19.2. The number of para-hydroxylation sites is 1. The molecule has 3 nitrogen and oxygen atoms in total. The van der Waals surface area contributed by atoms with Gasteiger partial charge in [-0.05, 0) is 56.5 Å². The molecule has 0 bridgehead atoms. The summed E-state index contributed by atoms with van der Waals surface area (Å²) in [4.78, 5) is 12.7. The molecule has 3 heteroatoms. The van der Waals surface area contributed by atoms with Crippen molar-refractivity contribution in [2.45, 2.75) is 27.7 Å². The highest BCUT2D eigenvalue weighted by Gasteiger charge is 2.16. The van der Waals surface area contributed by atoms with Gasteiger partial charge >= 0.3 is 0 Å². The lowest BCUT2D eigenvalue weighted by atomic mass is 10.0. The van der Waals surface area contributed by atoms with E-state index in [-0.39, 0.29) is 11.4 Å². The van der Waals surface area contributed by atoms with E-state index < -0.39 is 0 Å². The number of allylic oxidation sites excluding steroid dienone is 1. The molecule has 3 rings (SSSR count). The quantitative estimate of drug-likeness (QED) is 0.353. The summed E-state index contributed by atoms with van der Waals surface area (Å²) in [5.74, 6) is -0.255. The molecule has 0 atom stereocenters. The second kappa shape index (κ2) is 7.47. The minimum Gasteiger partial charge on any atom is -0.317 e. The molecule has 0 N–H and O–H groups in total. The lowest BCUT2D eigenvalue weighted by molar-refractivity contribution is 0.104. The lowest BCUT2D eigenvalue weighted by Gasteiger charge is -2.15. The summed E-state index contributed by atoms with van der Waals surface area (Å²) in [6.07, 6.45) is 1.70. The van der Waals surface area contributed by atoms with Gasteiger partial charge in [0.2, 0.25) is 5.78 Å². The molecular formula is C24H22N2O. The predicted octanol–water partition coefficient (Wildman–Crippen LogP) is 5.50. The average molecular weight is 354 g/mol.